The van der Waals surface area contributed by atoms with Gasteiger partial charge in [0, 0.05) is 24.7 Å². The predicted octanol–water partition coefficient (Wildman–Crippen LogP) is 1.23. The SMILES string of the molecule is CN(C)CCc1cc2occc2c(=O)[nH]1. The van der Waals surface area contributed by atoms with Crippen LogP contribution in [0.15, 0.2) is 27.6 Å². The van der Waals surface area contributed by atoms with E-state index in [1.165, 1.54) is 6.26 Å². The number of nitrogens with one attached hydrogen (secondary N) is 1. The average Bonchev–Trinajstić information content (AvgIpc) is 2.63. The summed E-state index contributed by atoms with van der Waals surface area (Å²) >= 11 is 0. The summed E-state index contributed by atoms with van der Waals surface area (Å²) in [5.74, 6) is 0. The molecule has 0 amide bonds. The number of rotatable bonds is 3. The molecule has 1 N–H and O–H groups in total. The maximum absolute atomic E-state index is 11.6. The molecule has 2 aromatic heterocycles. The van der Waals surface area contributed by atoms with E-state index < -0.39 is 0 Å². The number of hydrogen-bond donors (Lipinski definition) is 1. The van der Waals surface area contributed by atoms with Crippen molar-refractivity contribution in [3.63, 3.8) is 0 Å². The van der Waals surface area contributed by atoms with Gasteiger partial charge in [-0.1, -0.05) is 0 Å². The predicted molar refractivity (Wildman–Crippen MR) is 59.1 cm³/mol. The molecule has 0 atom stereocenters. The molecule has 0 radical (unpaired) electrons. The Labute approximate surface area is 87.5 Å². The van der Waals surface area contributed by atoms with Crippen molar-refractivity contribution in [2.75, 3.05) is 20.6 Å². The fraction of sp³-hybridized carbons (Fsp3) is 0.364. The van der Waals surface area contributed by atoms with Gasteiger partial charge in [-0.25, -0.2) is 0 Å². The third-order valence-corrected chi connectivity index (χ3v) is 2.35. The van der Waals surface area contributed by atoms with Gasteiger partial charge >= 0.3 is 0 Å². The van der Waals surface area contributed by atoms with Crippen LogP contribution in [0.5, 0.6) is 0 Å². The zero-order valence-electron chi connectivity index (χ0n) is 8.91. The molecule has 0 fully saturated rings. The lowest BCUT2D eigenvalue weighted by atomic mass is 10.2. The summed E-state index contributed by atoms with van der Waals surface area (Å²) in [6.07, 6.45) is 2.36. The maximum Gasteiger partial charge on any atom is 0.259 e. The summed E-state index contributed by atoms with van der Waals surface area (Å²) in [7, 11) is 4.01. The highest BCUT2D eigenvalue weighted by atomic mass is 16.3. The molecule has 2 rings (SSSR count). The molecule has 4 nitrogen and oxygen atoms in total. The van der Waals surface area contributed by atoms with Crippen molar-refractivity contribution in [2.24, 2.45) is 0 Å². The van der Waals surface area contributed by atoms with E-state index in [9.17, 15) is 4.79 Å². The molecule has 0 aliphatic carbocycles. The molecule has 0 saturated heterocycles. The lowest BCUT2D eigenvalue weighted by molar-refractivity contribution is 0.411. The number of likely N-dealkylation sites (N-methyl/N-ethyl adjacent to an activating group) is 1. The summed E-state index contributed by atoms with van der Waals surface area (Å²) in [6.45, 7) is 0.905. The van der Waals surface area contributed by atoms with Crippen molar-refractivity contribution < 1.29 is 4.42 Å². The van der Waals surface area contributed by atoms with Crippen LogP contribution in [0.1, 0.15) is 5.69 Å². The summed E-state index contributed by atoms with van der Waals surface area (Å²) in [6, 6.07) is 3.57. The van der Waals surface area contributed by atoms with Gasteiger partial charge in [-0.05, 0) is 20.2 Å². The van der Waals surface area contributed by atoms with Crippen molar-refractivity contribution in [3.8, 4) is 0 Å². The summed E-state index contributed by atoms with van der Waals surface area (Å²) in [4.78, 5) is 16.5. The number of furan rings is 1. The van der Waals surface area contributed by atoms with Gasteiger partial charge in [0.25, 0.3) is 5.56 Å². The Hall–Kier alpha value is -1.55. The molecule has 0 saturated carbocycles. The Balaban J connectivity index is 2.33. The van der Waals surface area contributed by atoms with Gasteiger partial charge in [0.05, 0.1) is 11.6 Å². The molecule has 0 aliphatic heterocycles. The van der Waals surface area contributed by atoms with E-state index in [2.05, 4.69) is 9.88 Å². The second-order valence-electron chi connectivity index (χ2n) is 3.88. The highest BCUT2D eigenvalue weighted by Crippen LogP contribution is 2.11. The van der Waals surface area contributed by atoms with E-state index in [1.807, 2.05) is 20.2 Å². The third-order valence-electron chi connectivity index (χ3n) is 2.35. The van der Waals surface area contributed by atoms with E-state index in [-0.39, 0.29) is 5.56 Å². The Morgan fingerprint density at radius 1 is 1.47 bits per heavy atom. The molecule has 2 heterocycles. The number of aromatic amines is 1. The van der Waals surface area contributed by atoms with Crippen LogP contribution >= 0.6 is 0 Å². The second-order valence-corrected chi connectivity index (χ2v) is 3.88. The first-order chi connectivity index (χ1) is 7.16. The van der Waals surface area contributed by atoms with Crippen LogP contribution in [0.3, 0.4) is 0 Å². The number of hydrogen-bond acceptors (Lipinski definition) is 3. The highest BCUT2D eigenvalue weighted by molar-refractivity contribution is 5.75. The van der Waals surface area contributed by atoms with Crippen LogP contribution in [0.4, 0.5) is 0 Å². The first-order valence-electron chi connectivity index (χ1n) is 4.91. The van der Waals surface area contributed by atoms with Crippen LogP contribution < -0.4 is 5.56 Å². The highest BCUT2D eigenvalue weighted by Gasteiger charge is 2.04. The minimum Gasteiger partial charge on any atom is -0.464 e. The quantitative estimate of drug-likeness (QED) is 0.821. The largest absolute Gasteiger partial charge is 0.464 e. The monoisotopic (exact) mass is 206 g/mol. The number of nitrogens with zero attached hydrogens (tertiary/aromatic N) is 1. The Bertz CT molecular complexity index is 511. The van der Waals surface area contributed by atoms with Crippen LogP contribution in [0, 0.1) is 0 Å². The molecule has 0 unspecified atom stereocenters. The van der Waals surface area contributed by atoms with E-state index in [0.717, 1.165) is 18.7 Å². The van der Waals surface area contributed by atoms with Crippen molar-refractivity contribution in [2.45, 2.75) is 6.42 Å². The number of fused-ring (bicyclic) bond motifs is 1. The van der Waals surface area contributed by atoms with Gasteiger partial charge in [0.1, 0.15) is 5.58 Å². The fourth-order valence-corrected chi connectivity index (χ4v) is 1.51. The van der Waals surface area contributed by atoms with E-state index in [0.29, 0.717) is 11.0 Å². The normalized spacial score (nSPS) is 11.4. The first kappa shape index (κ1) is 9.98. The Morgan fingerprint density at radius 3 is 3.00 bits per heavy atom. The minimum atomic E-state index is -0.0741. The summed E-state index contributed by atoms with van der Waals surface area (Å²) < 4.78 is 5.21. The lowest BCUT2D eigenvalue weighted by Crippen LogP contribution is -2.17. The molecular formula is C11H14N2O2. The topological polar surface area (TPSA) is 49.2 Å². The molecule has 0 spiro atoms. The van der Waals surface area contributed by atoms with E-state index >= 15 is 0 Å². The van der Waals surface area contributed by atoms with Crippen LogP contribution in [-0.4, -0.2) is 30.5 Å². The Morgan fingerprint density at radius 2 is 2.27 bits per heavy atom. The maximum atomic E-state index is 11.6. The second kappa shape index (κ2) is 3.90. The van der Waals surface area contributed by atoms with Gasteiger partial charge in [-0.3, -0.25) is 4.79 Å². The van der Waals surface area contributed by atoms with Crippen LogP contribution in [0.2, 0.25) is 0 Å². The summed E-state index contributed by atoms with van der Waals surface area (Å²) in [5.41, 5.74) is 1.50. The van der Waals surface area contributed by atoms with E-state index in [4.69, 9.17) is 4.42 Å². The molecule has 2 aromatic rings. The lowest BCUT2D eigenvalue weighted by Gasteiger charge is -2.08. The minimum absolute atomic E-state index is 0.0741. The summed E-state index contributed by atoms with van der Waals surface area (Å²) in [5, 5.41) is 0.614. The molecule has 80 valence electrons. The zero-order chi connectivity index (χ0) is 10.8. The van der Waals surface area contributed by atoms with Gasteiger partial charge in [0.15, 0.2) is 0 Å². The van der Waals surface area contributed by atoms with Crippen molar-refractivity contribution in [1.29, 1.82) is 0 Å². The zero-order valence-corrected chi connectivity index (χ0v) is 8.91. The van der Waals surface area contributed by atoms with E-state index in [1.54, 1.807) is 6.07 Å². The van der Waals surface area contributed by atoms with Gasteiger partial charge in [0.2, 0.25) is 0 Å². The average molecular weight is 206 g/mol. The van der Waals surface area contributed by atoms with Crippen molar-refractivity contribution in [1.82, 2.24) is 9.88 Å². The van der Waals surface area contributed by atoms with Crippen molar-refractivity contribution in [3.05, 3.63) is 34.4 Å². The van der Waals surface area contributed by atoms with Gasteiger partial charge in [-0.2, -0.15) is 0 Å². The molecule has 0 aromatic carbocycles. The number of pyridine rings is 1. The molecule has 0 aliphatic rings. The number of H-pyrrole nitrogens is 1. The third kappa shape index (κ3) is 2.10. The first-order valence-corrected chi connectivity index (χ1v) is 4.91. The van der Waals surface area contributed by atoms with Crippen LogP contribution in [-0.2, 0) is 6.42 Å². The van der Waals surface area contributed by atoms with Gasteiger partial charge in [-0.15, -0.1) is 0 Å². The fourth-order valence-electron chi connectivity index (χ4n) is 1.51. The van der Waals surface area contributed by atoms with Gasteiger partial charge < -0.3 is 14.3 Å². The standard InChI is InChI=1S/C11H14N2O2/c1-13(2)5-3-8-7-10-9(4-6-15-10)11(14)12-8/h4,6-7H,3,5H2,1-2H3,(H,12,14). The van der Waals surface area contributed by atoms with Crippen molar-refractivity contribution >= 4 is 11.0 Å². The molecule has 15 heavy (non-hydrogen) atoms. The van der Waals surface area contributed by atoms with Crippen LogP contribution in [0.25, 0.3) is 11.0 Å². The molecule has 0 bridgehead atoms. The Kier molecular flexibility index (Phi) is 2.60. The molecule has 4 heteroatoms. The number of aromatic nitrogens is 1. The smallest absolute Gasteiger partial charge is 0.259 e. The molecular weight excluding hydrogens is 192 g/mol.